The van der Waals surface area contributed by atoms with Crippen LogP contribution in [0, 0.1) is 12.7 Å². The summed E-state index contributed by atoms with van der Waals surface area (Å²) in [6.45, 7) is 2.44. The van der Waals surface area contributed by atoms with Crippen LogP contribution in [0.1, 0.15) is 46.7 Å². The third-order valence-electron chi connectivity index (χ3n) is 5.73. The van der Waals surface area contributed by atoms with E-state index >= 15 is 0 Å². The van der Waals surface area contributed by atoms with Gasteiger partial charge in [0, 0.05) is 12.7 Å². The molecule has 2 atom stereocenters. The number of aryl methyl sites for hydroxylation is 1. The number of carbonyl (C=O) groups excluding carboxylic acids is 1. The predicted octanol–water partition coefficient (Wildman–Crippen LogP) is 4.49. The van der Waals surface area contributed by atoms with Crippen molar-refractivity contribution in [1.82, 2.24) is 19.9 Å². The Labute approximate surface area is 188 Å². The van der Waals surface area contributed by atoms with Gasteiger partial charge in [-0.25, -0.2) is 14.4 Å². The molecule has 9 heteroatoms. The second-order valence-electron chi connectivity index (χ2n) is 7.88. The molecule has 1 aliphatic rings. The lowest BCUT2D eigenvalue weighted by Gasteiger charge is -2.37. The topological polar surface area (TPSA) is 98.1 Å². The van der Waals surface area contributed by atoms with E-state index in [1.54, 1.807) is 35.4 Å². The van der Waals surface area contributed by atoms with Crippen molar-refractivity contribution in [3.05, 3.63) is 65.0 Å². The molecule has 0 saturated carbocycles. The van der Waals surface area contributed by atoms with Crippen LogP contribution in [0.3, 0.4) is 0 Å². The summed E-state index contributed by atoms with van der Waals surface area (Å²) < 4.78 is 19.3. The molecule has 0 bridgehead atoms. The molecule has 2 N–H and O–H groups in total. The summed E-state index contributed by atoms with van der Waals surface area (Å²) in [5.74, 6) is -0.127. The Balaban J connectivity index is 1.47. The highest BCUT2D eigenvalue weighted by Gasteiger charge is 2.36. The molecule has 0 aliphatic carbocycles. The van der Waals surface area contributed by atoms with Gasteiger partial charge in [0.2, 0.25) is 5.89 Å². The van der Waals surface area contributed by atoms with Gasteiger partial charge in [0.15, 0.2) is 11.2 Å². The summed E-state index contributed by atoms with van der Waals surface area (Å²) >= 11 is 1.42. The molecule has 1 amide bonds. The van der Waals surface area contributed by atoms with Crippen molar-refractivity contribution < 1.29 is 13.6 Å². The van der Waals surface area contributed by atoms with Crippen LogP contribution < -0.4 is 5.73 Å². The lowest BCUT2D eigenvalue weighted by molar-refractivity contribution is 0.0556. The van der Waals surface area contributed by atoms with Gasteiger partial charge in [0.1, 0.15) is 17.6 Å². The van der Waals surface area contributed by atoms with Gasteiger partial charge in [0.05, 0.1) is 15.9 Å². The Bertz CT molecular complexity index is 1240. The van der Waals surface area contributed by atoms with Gasteiger partial charge in [-0.05, 0) is 56.0 Å². The van der Waals surface area contributed by atoms with Gasteiger partial charge in [-0.15, -0.1) is 11.3 Å². The standard InChI is InChI=1S/C23H22FN5O2S/c1-13-27-19(20(32-13)14-7-9-15(24)10-8-14)23(30)29-12-3-2-5-16(29)18(25)22-28-21-17(31-22)6-4-11-26-21/h4,6-11,16,18H,2-3,5,12,25H2,1H3. The third kappa shape index (κ3) is 3.78. The predicted molar refractivity (Wildman–Crippen MR) is 120 cm³/mol. The van der Waals surface area contributed by atoms with Crippen LogP contribution in [0.25, 0.3) is 21.7 Å². The number of hydrogen-bond acceptors (Lipinski definition) is 7. The van der Waals surface area contributed by atoms with Crippen LogP contribution in [0.4, 0.5) is 4.39 Å². The highest BCUT2D eigenvalue weighted by atomic mass is 32.1. The first kappa shape index (κ1) is 20.7. The molecule has 2 unspecified atom stereocenters. The first-order valence-electron chi connectivity index (χ1n) is 10.5. The number of piperidine rings is 1. The molecule has 0 spiro atoms. The number of thiazole rings is 1. The number of fused-ring (bicyclic) bond motifs is 1. The lowest BCUT2D eigenvalue weighted by Crippen LogP contribution is -2.49. The van der Waals surface area contributed by atoms with E-state index in [0.29, 0.717) is 29.4 Å². The van der Waals surface area contributed by atoms with Crippen molar-refractivity contribution in [1.29, 1.82) is 0 Å². The molecule has 4 heterocycles. The maximum absolute atomic E-state index is 13.7. The number of oxazole rings is 1. The number of rotatable bonds is 4. The largest absolute Gasteiger partial charge is 0.437 e. The van der Waals surface area contributed by atoms with Gasteiger partial charge in [-0.3, -0.25) is 4.79 Å². The number of nitrogens with two attached hydrogens (primary N) is 1. The van der Waals surface area contributed by atoms with Crippen LogP contribution in [0.2, 0.25) is 0 Å². The summed E-state index contributed by atoms with van der Waals surface area (Å²) in [5.41, 5.74) is 8.78. The number of benzene rings is 1. The van der Waals surface area contributed by atoms with Crippen molar-refractivity contribution in [3.8, 4) is 10.4 Å². The van der Waals surface area contributed by atoms with Gasteiger partial charge >= 0.3 is 0 Å². The number of pyridine rings is 1. The van der Waals surface area contributed by atoms with Crippen LogP contribution in [0.5, 0.6) is 0 Å². The molecule has 5 rings (SSSR count). The van der Waals surface area contributed by atoms with E-state index in [-0.39, 0.29) is 17.8 Å². The fourth-order valence-electron chi connectivity index (χ4n) is 4.18. The minimum absolute atomic E-state index is 0.178. The van der Waals surface area contributed by atoms with Crippen LogP contribution in [-0.2, 0) is 0 Å². The number of amides is 1. The van der Waals surface area contributed by atoms with Crippen LogP contribution >= 0.6 is 11.3 Å². The second-order valence-corrected chi connectivity index (χ2v) is 9.09. The summed E-state index contributed by atoms with van der Waals surface area (Å²) in [6.07, 6.45) is 4.24. The SMILES string of the molecule is Cc1nc(C(=O)N2CCCCC2C(N)c2nc3ncccc3o2)c(-c2ccc(F)cc2)s1. The Morgan fingerprint density at radius 2 is 2.06 bits per heavy atom. The number of carbonyl (C=O) groups is 1. The first-order valence-corrected chi connectivity index (χ1v) is 11.3. The number of halogens is 1. The highest BCUT2D eigenvalue weighted by molar-refractivity contribution is 7.15. The van der Waals surface area contributed by atoms with Gasteiger partial charge in [-0.2, -0.15) is 4.98 Å². The third-order valence-corrected chi connectivity index (χ3v) is 6.75. The molecule has 3 aromatic heterocycles. The average molecular weight is 452 g/mol. The zero-order valence-corrected chi connectivity index (χ0v) is 18.3. The Morgan fingerprint density at radius 3 is 2.84 bits per heavy atom. The zero-order chi connectivity index (χ0) is 22.2. The van der Waals surface area contributed by atoms with Crippen molar-refractivity contribution >= 4 is 28.5 Å². The van der Waals surface area contributed by atoms with Crippen LogP contribution in [0.15, 0.2) is 47.0 Å². The Morgan fingerprint density at radius 1 is 1.25 bits per heavy atom. The molecular weight excluding hydrogens is 429 g/mol. The number of nitrogens with zero attached hydrogens (tertiary/aromatic N) is 4. The number of hydrogen-bond donors (Lipinski definition) is 1. The number of aromatic nitrogens is 3. The van der Waals surface area contributed by atoms with E-state index < -0.39 is 6.04 Å². The molecule has 1 aliphatic heterocycles. The van der Waals surface area contributed by atoms with E-state index in [9.17, 15) is 9.18 Å². The molecular formula is C23H22FN5O2S. The van der Waals surface area contributed by atoms with E-state index in [1.807, 2.05) is 6.92 Å². The molecule has 0 radical (unpaired) electrons. The van der Waals surface area contributed by atoms with E-state index in [2.05, 4.69) is 15.0 Å². The van der Waals surface area contributed by atoms with Crippen molar-refractivity contribution in [2.45, 2.75) is 38.3 Å². The van der Waals surface area contributed by atoms with Crippen molar-refractivity contribution in [3.63, 3.8) is 0 Å². The van der Waals surface area contributed by atoms with E-state index in [0.717, 1.165) is 34.7 Å². The maximum Gasteiger partial charge on any atom is 0.274 e. The van der Waals surface area contributed by atoms with Crippen LogP contribution in [-0.4, -0.2) is 38.3 Å². The fraction of sp³-hybridized carbons (Fsp3) is 0.304. The summed E-state index contributed by atoms with van der Waals surface area (Å²) in [5, 5.41) is 0.774. The van der Waals surface area contributed by atoms with Gasteiger partial charge in [-0.1, -0.05) is 12.1 Å². The normalized spacial score (nSPS) is 17.6. The van der Waals surface area contributed by atoms with Gasteiger partial charge in [0.25, 0.3) is 5.91 Å². The van der Waals surface area contributed by atoms with Gasteiger partial charge < -0.3 is 15.1 Å². The molecule has 164 valence electrons. The minimum atomic E-state index is -0.581. The molecule has 1 saturated heterocycles. The average Bonchev–Trinajstić information content (AvgIpc) is 3.42. The maximum atomic E-state index is 13.7. The summed E-state index contributed by atoms with van der Waals surface area (Å²) in [7, 11) is 0. The summed E-state index contributed by atoms with van der Waals surface area (Å²) in [4.78, 5) is 29.4. The second kappa shape index (κ2) is 8.40. The zero-order valence-electron chi connectivity index (χ0n) is 17.5. The van der Waals surface area contributed by atoms with Crippen molar-refractivity contribution in [2.75, 3.05) is 6.54 Å². The molecule has 32 heavy (non-hydrogen) atoms. The molecule has 7 nitrogen and oxygen atoms in total. The molecule has 4 aromatic rings. The minimum Gasteiger partial charge on any atom is -0.437 e. The summed E-state index contributed by atoms with van der Waals surface area (Å²) in [6, 6.07) is 8.84. The van der Waals surface area contributed by atoms with E-state index in [4.69, 9.17) is 10.2 Å². The smallest absolute Gasteiger partial charge is 0.274 e. The Kier molecular flexibility index (Phi) is 5.44. The van der Waals surface area contributed by atoms with Crippen molar-refractivity contribution in [2.24, 2.45) is 5.73 Å². The van der Waals surface area contributed by atoms with E-state index in [1.165, 1.54) is 23.5 Å². The quantitative estimate of drug-likeness (QED) is 0.491. The first-order chi connectivity index (χ1) is 15.5. The Hall–Kier alpha value is -3.17. The fourth-order valence-corrected chi connectivity index (χ4v) is 5.10. The molecule has 1 aromatic carbocycles. The lowest BCUT2D eigenvalue weighted by atomic mass is 9.95. The molecule has 1 fully saturated rings. The monoisotopic (exact) mass is 451 g/mol. The highest BCUT2D eigenvalue weighted by Crippen LogP contribution is 2.34. The number of likely N-dealkylation sites (tertiary alicyclic amines) is 1.